The van der Waals surface area contributed by atoms with E-state index in [1.54, 1.807) is 0 Å². The zero-order chi connectivity index (χ0) is 9.97. The maximum absolute atomic E-state index is 12.1. The number of nitrogens with zero attached hydrogens (tertiary/aromatic N) is 1. The molecule has 0 radical (unpaired) electrons. The van der Waals surface area contributed by atoms with Gasteiger partial charge in [-0.25, -0.2) is 0 Å². The topological polar surface area (TPSA) is 20.3 Å². The van der Waals surface area contributed by atoms with Crippen LogP contribution in [0.4, 0.5) is 0 Å². The molecule has 0 aromatic rings. The molecule has 2 nitrogen and oxygen atoms in total. The molecule has 1 aliphatic carbocycles. The molecule has 0 saturated heterocycles. The SMILES string of the molecule is C[C@H]1CC=CCN1C(=O)C1CCCC1. The summed E-state index contributed by atoms with van der Waals surface area (Å²) in [6.45, 7) is 2.98. The van der Waals surface area contributed by atoms with Crippen LogP contribution < -0.4 is 0 Å². The molecule has 0 aromatic carbocycles. The third kappa shape index (κ3) is 1.84. The molecule has 1 amide bonds. The number of hydrogen-bond donors (Lipinski definition) is 0. The Morgan fingerprint density at radius 1 is 1.29 bits per heavy atom. The number of amides is 1. The van der Waals surface area contributed by atoms with Gasteiger partial charge in [-0.15, -0.1) is 0 Å². The van der Waals surface area contributed by atoms with Gasteiger partial charge in [-0.1, -0.05) is 25.0 Å². The van der Waals surface area contributed by atoms with Crippen LogP contribution in [-0.4, -0.2) is 23.4 Å². The first-order valence-corrected chi connectivity index (χ1v) is 5.74. The lowest BCUT2D eigenvalue weighted by Crippen LogP contribution is -2.43. The zero-order valence-electron chi connectivity index (χ0n) is 8.91. The summed E-state index contributed by atoms with van der Waals surface area (Å²) in [4.78, 5) is 14.2. The fourth-order valence-electron chi connectivity index (χ4n) is 2.50. The Kier molecular flexibility index (Phi) is 2.90. The van der Waals surface area contributed by atoms with E-state index in [-0.39, 0.29) is 0 Å². The molecule has 0 spiro atoms. The molecule has 1 fully saturated rings. The van der Waals surface area contributed by atoms with Crippen LogP contribution in [-0.2, 0) is 4.79 Å². The molecule has 1 saturated carbocycles. The minimum Gasteiger partial charge on any atom is -0.336 e. The van der Waals surface area contributed by atoms with E-state index < -0.39 is 0 Å². The summed E-state index contributed by atoms with van der Waals surface area (Å²) in [6.07, 6.45) is 10.1. The first-order valence-electron chi connectivity index (χ1n) is 5.74. The molecule has 1 heterocycles. The van der Waals surface area contributed by atoms with Crippen LogP contribution in [0.3, 0.4) is 0 Å². The fraction of sp³-hybridized carbons (Fsp3) is 0.750. The highest BCUT2D eigenvalue weighted by Crippen LogP contribution is 2.28. The lowest BCUT2D eigenvalue weighted by molar-refractivity contribution is -0.136. The van der Waals surface area contributed by atoms with Gasteiger partial charge < -0.3 is 4.90 Å². The maximum atomic E-state index is 12.1. The molecule has 0 unspecified atom stereocenters. The van der Waals surface area contributed by atoms with Gasteiger partial charge in [0.05, 0.1) is 0 Å². The second-order valence-corrected chi connectivity index (χ2v) is 4.53. The molecule has 2 rings (SSSR count). The predicted octanol–water partition coefficient (Wildman–Crippen LogP) is 2.35. The highest BCUT2D eigenvalue weighted by atomic mass is 16.2. The molecule has 14 heavy (non-hydrogen) atoms. The second-order valence-electron chi connectivity index (χ2n) is 4.53. The van der Waals surface area contributed by atoms with Crippen molar-refractivity contribution in [2.75, 3.05) is 6.54 Å². The molecular weight excluding hydrogens is 174 g/mol. The van der Waals surface area contributed by atoms with Crippen molar-refractivity contribution in [1.82, 2.24) is 4.90 Å². The Hall–Kier alpha value is -0.790. The molecule has 1 atom stereocenters. The highest BCUT2D eigenvalue weighted by molar-refractivity contribution is 5.79. The molecule has 0 aromatic heterocycles. The Labute approximate surface area is 86.0 Å². The van der Waals surface area contributed by atoms with Crippen LogP contribution in [0.15, 0.2) is 12.2 Å². The average molecular weight is 193 g/mol. The van der Waals surface area contributed by atoms with Crippen molar-refractivity contribution in [3.63, 3.8) is 0 Å². The lowest BCUT2D eigenvalue weighted by atomic mass is 10.0. The largest absolute Gasteiger partial charge is 0.336 e. The summed E-state index contributed by atoms with van der Waals surface area (Å²) in [7, 11) is 0. The number of carbonyl (C=O) groups excluding carboxylic acids is 1. The van der Waals surface area contributed by atoms with E-state index in [1.165, 1.54) is 12.8 Å². The minimum atomic E-state index is 0.337. The van der Waals surface area contributed by atoms with E-state index in [4.69, 9.17) is 0 Å². The Morgan fingerprint density at radius 2 is 2.00 bits per heavy atom. The maximum Gasteiger partial charge on any atom is 0.226 e. The normalized spacial score (nSPS) is 28.4. The van der Waals surface area contributed by atoms with E-state index in [9.17, 15) is 4.79 Å². The van der Waals surface area contributed by atoms with Gasteiger partial charge >= 0.3 is 0 Å². The van der Waals surface area contributed by atoms with Crippen LogP contribution >= 0.6 is 0 Å². The van der Waals surface area contributed by atoms with Gasteiger partial charge in [0.25, 0.3) is 0 Å². The monoisotopic (exact) mass is 193 g/mol. The van der Waals surface area contributed by atoms with Crippen LogP contribution in [0.1, 0.15) is 39.0 Å². The van der Waals surface area contributed by atoms with E-state index in [1.807, 2.05) is 0 Å². The molecule has 1 aliphatic heterocycles. The summed E-state index contributed by atoms with van der Waals surface area (Å²) in [5.41, 5.74) is 0. The average Bonchev–Trinajstić information content (AvgIpc) is 2.70. The number of carbonyl (C=O) groups is 1. The zero-order valence-corrected chi connectivity index (χ0v) is 8.91. The molecule has 78 valence electrons. The van der Waals surface area contributed by atoms with Crippen molar-refractivity contribution >= 4 is 5.91 Å². The predicted molar refractivity (Wildman–Crippen MR) is 56.9 cm³/mol. The third-order valence-corrected chi connectivity index (χ3v) is 3.47. The summed E-state index contributed by atoms with van der Waals surface area (Å²) >= 11 is 0. The van der Waals surface area contributed by atoms with Gasteiger partial charge in [-0.2, -0.15) is 0 Å². The first kappa shape index (κ1) is 9.75. The first-order chi connectivity index (χ1) is 6.79. The van der Waals surface area contributed by atoms with Crippen molar-refractivity contribution in [3.8, 4) is 0 Å². The quantitative estimate of drug-likeness (QED) is 0.585. The van der Waals surface area contributed by atoms with Crippen LogP contribution in [0, 0.1) is 5.92 Å². The van der Waals surface area contributed by atoms with Gasteiger partial charge in [0, 0.05) is 18.5 Å². The summed E-state index contributed by atoms with van der Waals surface area (Å²) in [5, 5.41) is 0. The van der Waals surface area contributed by atoms with Crippen molar-refractivity contribution in [2.24, 2.45) is 5.92 Å². The molecule has 0 N–H and O–H groups in total. The molecule has 2 heteroatoms. The smallest absolute Gasteiger partial charge is 0.226 e. The number of hydrogen-bond acceptors (Lipinski definition) is 1. The molecule has 2 aliphatic rings. The van der Waals surface area contributed by atoms with Crippen molar-refractivity contribution in [1.29, 1.82) is 0 Å². The Balaban J connectivity index is 1.99. The van der Waals surface area contributed by atoms with Crippen LogP contribution in [0.5, 0.6) is 0 Å². The standard InChI is InChI=1S/C12H19NO/c1-10-6-4-5-9-13(10)12(14)11-7-2-3-8-11/h4-5,10-11H,2-3,6-9H2,1H3/t10-/m0/s1. The fourth-order valence-corrected chi connectivity index (χ4v) is 2.50. The van der Waals surface area contributed by atoms with Crippen molar-refractivity contribution < 1.29 is 4.79 Å². The van der Waals surface area contributed by atoms with E-state index >= 15 is 0 Å². The van der Waals surface area contributed by atoms with Gasteiger partial charge in [-0.05, 0) is 26.2 Å². The van der Waals surface area contributed by atoms with Gasteiger partial charge in [-0.3, -0.25) is 4.79 Å². The van der Waals surface area contributed by atoms with Gasteiger partial charge in [0.2, 0.25) is 5.91 Å². The lowest BCUT2D eigenvalue weighted by Gasteiger charge is -2.32. The van der Waals surface area contributed by atoms with Crippen LogP contribution in [0.2, 0.25) is 0 Å². The van der Waals surface area contributed by atoms with E-state index in [0.717, 1.165) is 25.8 Å². The second kappa shape index (κ2) is 4.16. The van der Waals surface area contributed by atoms with Crippen molar-refractivity contribution in [2.45, 2.75) is 45.1 Å². The molecular formula is C12H19NO. The summed E-state index contributed by atoms with van der Waals surface area (Å²) in [5.74, 6) is 0.739. The van der Waals surface area contributed by atoms with Gasteiger partial charge in [0.1, 0.15) is 0 Å². The summed E-state index contributed by atoms with van der Waals surface area (Å²) in [6, 6.07) is 0.410. The van der Waals surface area contributed by atoms with Gasteiger partial charge in [0.15, 0.2) is 0 Å². The summed E-state index contributed by atoms with van der Waals surface area (Å²) < 4.78 is 0. The minimum absolute atomic E-state index is 0.337. The Morgan fingerprint density at radius 3 is 2.64 bits per heavy atom. The van der Waals surface area contributed by atoms with E-state index in [0.29, 0.717) is 17.9 Å². The third-order valence-electron chi connectivity index (χ3n) is 3.47. The number of rotatable bonds is 1. The molecule has 0 bridgehead atoms. The highest BCUT2D eigenvalue weighted by Gasteiger charge is 2.29. The van der Waals surface area contributed by atoms with E-state index in [2.05, 4.69) is 24.0 Å². The van der Waals surface area contributed by atoms with Crippen molar-refractivity contribution in [3.05, 3.63) is 12.2 Å². The van der Waals surface area contributed by atoms with Crippen LogP contribution in [0.25, 0.3) is 0 Å². The Bertz CT molecular complexity index is 241.